The first-order chi connectivity index (χ1) is 4.66. The fourth-order valence-electron chi connectivity index (χ4n) is 0.797. The van der Waals surface area contributed by atoms with E-state index in [2.05, 4.69) is 44.9 Å². The van der Waals surface area contributed by atoms with Gasteiger partial charge in [-0.05, 0) is 20.8 Å². The van der Waals surface area contributed by atoms with Gasteiger partial charge in [-0.3, -0.25) is 0 Å². The van der Waals surface area contributed by atoms with Crippen LogP contribution in [0.3, 0.4) is 0 Å². The zero-order chi connectivity index (χ0) is 7.98. The van der Waals surface area contributed by atoms with E-state index in [-0.39, 0.29) is 0 Å². The monoisotopic (exact) mass is 139 g/mol. The molecule has 0 saturated heterocycles. The molecule has 0 amide bonds. The molecule has 10 heavy (non-hydrogen) atoms. The maximum atomic E-state index is 3.30. The van der Waals surface area contributed by atoms with Crippen LogP contribution in [0.15, 0.2) is 0 Å². The molecule has 0 rings (SSSR count). The van der Waals surface area contributed by atoms with E-state index in [1.165, 1.54) is 0 Å². The Morgan fingerprint density at radius 1 is 1.30 bits per heavy atom. The van der Waals surface area contributed by atoms with Gasteiger partial charge < -0.3 is 5.32 Å². The average Bonchev–Trinajstić information content (AvgIpc) is 1.82. The van der Waals surface area contributed by atoms with E-state index in [4.69, 9.17) is 0 Å². The minimum atomic E-state index is 0.333. The zero-order valence-corrected chi connectivity index (χ0v) is 7.36. The third kappa shape index (κ3) is 5.65. The molecular formula is C9H17N. The Hall–Kier alpha value is -0.480. The molecule has 1 N–H and O–H groups in total. The smallest absolute Gasteiger partial charge is 0.0662 e. The lowest BCUT2D eigenvalue weighted by molar-refractivity contribution is 0.559. The summed E-state index contributed by atoms with van der Waals surface area (Å²) in [6.45, 7) is 8.41. The Kier molecular flexibility index (Phi) is 5.06. The molecular weight excluding hydrogens is 122 g/mol. The Morgan fingerprint density at radius 3 is 2.30 bits per heavy atom. The van der Waals surface area contributed by atoms with Crippen molar-refractivity contribution in [1.82, 2.24) is 5.32 Å². The topological polar surface area (TPSA) is 12.0 Å². The molecule has 1 unspecified atom stereocenters. The van der Waals surface area contributed by atoms with Crippen molar-refractivity contribution in [2.24, 2.45) is 0 Å². The summed E-state index contributed by atoms with van der Waals surface area (Å²) in [5.74, 6) is 6.14. The van der Waals surface area contributed by atoms with Crippen molar-refractivity contribution in [2.75, 3.05) is 0 Å². The number of hydrogen-bond acceptors (Lipinski definition) is 1. The first-order valence-corrected chi connectivity index (χ1v) is 3.91. The minimum Gasteiger partial charge on any atom is -0.302 e. The molecule has 0 fully saturated rings. The fourth-order valence-corrected chi connectivity index (χ4v) is 0.797. The third-order valence-electron chi connectivity index (χ3n) is 1.08. The Balaban J connectivity index is 3.52. The summed E-state index contributed by atoms with van der Waals surface area (Å²) in [6, 6.07) is 0.862. The van der Waals surface area contributed by atoms with Crippen LogP contribution in [-0.4, -0.2) is 12.1 Å². The van der Waals surface area contributed by atoms with E-state index < -0.39 is 0 Å². The molecule has 0 aliphatic carbocycles. The average molecular weight is 139 g/mol. The van der Waals surface area contributed by atoms with Crippen LogP contribution in [-0.2, 0) is 0 Å². The highest BCUT2D eigenvalue weighted by atomic mass is 14.9. The lowest BCUT2D eigenvalue weighted by Gasteiger charge is -2.09. The van der Waals surface area contributed by atoms with Gasteiger partial charge in [-0.2, -0.15) is 0 Å². The standard InChI is InChI=1S/C9H17N/c1-5-6-7-9(4)10-8(2)3/h8-10H,5H2,1-4H3. The van der Waals surface area contributed by atoms with E-state index in [9.17, 15) is 0 Å². The summed E-state index contributed by atoms with van der Waals surface area (Å²) in [5, 5.41) is 3.30. The lowest BCUT2D eigenvalue weighted by Crippen LogP contribution is -2.30. The van der Waals surface area contributed by atoms with Crippen LogP contribution in [0.25, 0.3) is 0 Å². The number of hydrogen-bond donors (Lipinski definition) is 1. The van der Waals surface area contributed by atoms with Crippen LogP contribution in [0, 0.1) is 11.8 Å². The molecule has 0 spiro atoms. The van der Waals surface area contributed by atoms with Gasteiger partial charge in [-0.1, -0.05) is 12.8 Å². The van der Waals surface area contributed by atoms with E-state index in [1.54, 1.807) is 0 Å². The van der Waals surface area contributed by atoms with Gasteiger partial charge in [0.2, 0.25) is 0 Å². The molecule has 0 aliphatic rings. The molecule has 0 aromatic heterocycles. The van der Waals surface area contributed by atoms with Gasteiger partial charge in [0, 0.05) is 12.5 Å². The molecule has 1 atom stereocenters. The van der Waals surface area contributed by atoms with Crippen molar-refractivity contribution in [1.29, 1.82) is 0 Å². The molecule has 0 bridgehead atoms. The maximum Gasteiger partial charge on any atom is 0.0662 e. The van der Waals surface area contributed by atoms with Gasteiger partial charge in [-0.25, -0.2) is 0 Å². The fraction of sp³-hybridized carbons (Fsp3) is 0.778. The predicted octanol–water partition coefficient (Wildman–Crippen LogP) is 1.79. The molecule has 0 aromatic rings. The summed E-state index contributed by atoms with van der Waals surface area (Å²) >= 11 is 0. The molecule has 0 heterocycles. The second kappa shape index (κ2) is 5.32. The van der Waals surface area contributed by atoms with Gasteiger partial charge >= 0.3 is 0 Å². The Labute approximate surface area is 64.2 Å². The number of nitrogens with one attached hydrogen (secondary N) is 1. The molecule has 0 saturated carbocycles. The van der Waals surface area contributed by atoms with E-state index in [0.717, 1.165) is 6.42 Å². The van der Waals surface area contributed by atoms with E-state index in [1.807, 2.05) is 0 Å². The van der Waals surface area contributed by atoms with Crippen molar-refractivity contribution >= 4 is 0 Å². The van der Waals surface area contributed by atoms with Crippen molar-refractivity contribution in [2.45, 2.75) is 46.2 Å². The second-order valence-electron chi connectivity index (χ2n) is 2.72. The van der Waals surface area contributed by atoms with Crippen LogP contribution >= 0.6 is 0 Å². The predicted molar refractivity (Wildman–Crippen MR) is 45.8 cm³/mol. The molecule has 58 valence electrons. The Morgan fingerprint density at radius 2 is 1.90 bits per heavy atom. The van der Waals surface area contributed by atoms with Crippen LogP contribution < -0.4 is 5.32 Å². The minimum absolute atomic E-state index is 0.333. The number of rotatable bonds is 2. The molecule has 0 radical (unpaired) electrons. The highest BCUT2D eigenvalue weighted by Crippen LogP contribution is 1.83. The third-order valence-corrected chi connectivity index (χ3v) is 1.08. The summed E-state index contributed by atoms with van der Waals surface area (Å²) in [4.78, 5) is 0. The lowest BCUT2D eigenvalue weighted by atomic mass is 10.3. The second-order valence-corrected chi connectivity index (χ2v) is 2.72. The Bertz CT molecular complexity index is 127. The summed E-state index contributed by atoms with van der Waals surface area (Å²) in [6.07, 6.45) is 0.949. The normalized spacial score (nSPS) is 12.5. The van der Waals surface area contributed by atoms with Gasteiger partial charge in [0.25, 0.3) is 0 Å². The molecule has 1 nitrogen and oxygen atoms in total. The zero-order valence-electron chi connectivity index (χ0n) is 7.36. The summed E-state index contributed by atoms with van der Waals surface area (Å²) in [5.41, 5.74) is 0. The summed E-state index contributed by atoms with van der Waals surface area (Å²) in [7, 11) is 0. The van der Waals surface area contributed by atoms with Crippen LogP contribution in [0.4, 0.5) is 0 Å². The van der Waals surface area contributed by atoms with Crippen molar-refractivity contribution in [3.8, 4) is 11.8 Å². The molecule has 0 aliphatic heterocycles. The first-order valence-electron chi connectivity index (χ1n) is 3.91. The van der Waals surface area contributed by atoms with Gasteiger partial charge in [0.1, 0.15) is 0 Å². The SMILES string of the molecule is CCC#CC(C)NC(C)C. The van der Waals surface area contributed by atoms with Gasteiger partial charge in [-0.15, -0.1) is 5.92 Å². The first kappa shape index (κ1) is 9.52. The van der Waals surface area contributed by atoms with Crippen molar-refractivity contribution in [3.63, 3.8) is 0 Å². The highest BCUT2D eigenvalue weighted by Gasteiger charge is 1.96. The van der Waals surface area contributed by atoms with Crippen LogP contribution in [0.2, 0.25) is 0 Å². The van der Waals surface area contributed by atoms with Crippen LogP contribution in [0.1, 0.15) is 34.1 Å². The van der Waals surface area contributed by atoms with Gasteiger partial charge in [0.15, 0.2) is 0 Å². The highest BCUT2D eigenvalue weighted by molar-refractivity contribution is 5.05. The van der Waals surface area contributed by atoms with Crippen LogP contribution in [0.5, 0.6) is 0 Å². The van der Waals surface area contributed by atoms with E-state index in [0.29, 0.717) is 12.1 Å². The van der Waals surface area contributed by atoms with Crippen molar-refractivity contribution in [3.05, 3.63) is 0 Å². The summed E-state index contributed by atoms with van der Waals surface area (Å²) < 4.78 is 0. The van der Waals surface area contributed by atoms with Gasteiger partial charge in [0.05, 0.1) is 6.04 Å². The molecule has 1 heteroatoms. The largest absolute Gasteiger partial charge is 0.302 e. The quantitative estimate of drug-likeness (QED) is 0.575. The maximum absolute atomic E-state index is 3.30. The van der Waals surface area contributed by atoms with Crippen molar-refractivity contribution < 1.29 is 0 Å². The molecule has 0 aromatic carbocycles. The van der Waals surface area contributed by atoms with E-state index >= 15 is 0 Å².